The topological polar surface area (TPSA) is 26.0 Å². The van der Waals surface area contributed by atoms with Crippen molar-refractivity contribution in [3.05, 3.63) is 59.4 Å². The quantitative estimate of drug-likeness (QED) is 0.673. The number of anilines is 1. The van der Waals surface area contributed by atoms with Gasteiger partial charge in [-0.15, -0.1) is 11.8 Å². The van der Waals surface area contributed by atoms with Crippen LogP contribution in [0.2, 0.25) is 0 Å². The molecule has 0 bridgehead atoms. The molecular formula is C13H10F3NS. The van der Waals surface area contributed by atoms with E-state index < -0.39 is 17.5 Å². The van der Waals surface area contributed by atoms with Crippen molar-refractivity contribution in [1.82, 2.24) is 0 Å². The van der Waals surface area contributed by atoms with E-state index in [1.54, 1.807) is 0 Å². The van der Waals surface area contributed by atoms with Crippen LogP contribution in [-0.2, 0) is 5.75 Å². The van der Waals surface area contributed by atoms with Crippen molar-refractivity contribution < 1.29 is 13.2 Å². The molecule has 0 amide bonds. The molecule has 1 nitrogen and oxygen atoms in total. The molecule has 0 heterocycles. The second-order valence-electron chi connectivity index (χ2n) is 3.67. The van der Waals surface area contributed by atoms with Crippen molar-refractivity contribution in [3.8, 4) is 0 Å². The first-order valence-corrected chi connectivity index (χ1v) is 6.17. The molecule has 2 N–H and O–H groups in total. The molecule has 5 heteroatoms. The van der Waals surface area contributed by atoms with E-state index in [0.717, 1.165) is 0 Å². The Labute approximate surface area is 107 Å². The molecule has 0 saturated heterocycles. The number of rotatable bonds is 3. The summed E-state index contributed by atoms with van der Waals surface area (Å²) >= 11 is 1.17. The van der Waals surface area contributed by atoms with Crippen molar-refractivity contribution >= 4 is 17.4 Å². The summed E-state index contributed by atoms with van der Waals surface area (Å²) in [7, 11) is 0. The van der Waals surface area contributed by atoms with Gasteiger partial charge in [0.05, 0.1) is 0 Å². The summed E-state index contributed by atoms with van der Waals surface area (Å²) < 4.78 is 39.6. The highest BCUT2D eigenvalue weighted by atomic mass is 32.2. The monoisotopic (exact) mass is 269 g/mol. The van der Waals surface area contributed by atoms with E-state index in [2.05, 4.69) is 0 Å². The number of thioether (sulfide) groups is 1. The van der Waals surface area contributed by atoms with E-state index in [4.69, 9.17) is 5.73 Å². The van der Waals surface area contributed by atoms with Gasteiger partial charge in [-0.2, -0.15) is 0 Å². The lowest BCUT2D eigenvalue weighted by atomic mass is 10.2. The van der Waals surface area contributed by atoms with Crippen molar-refractivity contribution in [3.63, 3.8) is 0 Å². The van der Waals surface area contributed by atoms with Crippen LogP contribution in [0.5, 0.6) is 0 Å². The number of hydrogen-bond donors (Lipinski definition) is 1. The van der Waals surface area contributed by atoms with E-state index in [9.17, 15) is 13.2 Å². The van der Waals surface area contributed by atoms with Crippen LogP contribution in [0.25, 0.3) is 0 Å². The Balaban J connectivity index is 2.16. The van der Waals surface area contributed by atoms with Gasteiger partial charge in [0.25, 0.3) is 0 Å². The molecule has 2 rings (SSSR count). The number of hydrogen-bond acceptors (Lipinski definition) is 2. The maximum Gasteiger partial charge on any atom is 0.130 e. The van der Waals surface area contributed by atoms with Crippen molar-refractivity contribution in [2.45, 2.75) is 10.6 Å². The van der Waals surface area contributed by atoms with Crippen molar-refractivity contribution in [1.29, 1.82) is 0 Å². The number of benzene rings is 2. The Morgan fingerprint density at radius 2 is 1.67 bits per heavy atom. The summed E-state index contributed by atoms with van der Waals surface area (Å²) in [5.74, 6) is -1.52. The molecule has 2 aromatic carbocycles. The Kier molecular flexibility index (Phi) is 3.81. The lowest BCUT2D eigenvalue weighted by Crippen LogP contribution is -1.94. The van der Waals surface area contributed by atoms with Gasteiger partial charge in [0.2, 0.25) is 0 Å². The zero-order valence-corrected chi connectivity index (χ0v) is 10.1. The SMILES string of the molecule is Nc1cc(F)ccc1SCc1c(F)cccc1F. The number of halogens is 3. The summed E-state index contributed by atoms with van der Waals surface area (Å²) in [4.78, 5) is 0.596. The maximum absolute atomic E-state index is 13.4. The van der Waals surface area contributed by atoms with Gasteiger partial charge < -0.3 is 5.73 Å². The average Bonchev–Trinajstić information content (AvgIpc) is 2.31. The molecule has 0 aliphatic carbocycles. The Bertz CT molecular complexity index is 552. The van der Waals surface area contributed by atoms with Crippen LogP contribution in [0.3, 0.4) is 0 Å². The first-order valence-electron chi connectivity index (χ1n) is 5.18. The minimum atomic E-state index is -0.594. The normalized spacial score (nSPS) is 10.6. The molecule has 0 saturated carbocycles. The second-order valence-corrected chi connectivity index (χ2v) is 4.69. The summed E-state index contributed by atoms with van der Waals surface area (Å²) in [6.07, 6.45) is 0. The Morgan fingerprint density at radius 1 is 1.00 bits per heavy atom. The second kappa shape index (κ2) is 5.35. The van der Waals surface area contributed by atoms with Crippen LogP contribution >= 0.6 is 11.8 Å². The van der Waals surface area contributed by atoms with E-state index >= 15 is 0 Å². The van der Waals surface area contributed by atoms with E-state index in [0.29, 0.717) is 4.90 Å². The summed E-state index contributed by atoms with van der Waals surface area (Å²) in [6.45, 7) is 0. The highest BCUT2D eigenvalue weighted by Crippen LogP contribution is 2.30. The largest absolute Gasteiger partial charge is 0.398 e. The van der Waals surface area contributed by atoms with Crippen LogP contribution < -0.4 is 5.73 Å². The van der Waals surface area contributed by atoms with Gasteiger partial charge in [-0.3, -0.25) is 0 Å². The van der Waals surface area contributed by atoms with Crippen LogP contribution in [0.15, 0.2) is 41.3 Å². The molecule has 2 aromatic rings. The molecule has 0 aliphatic rings. The number of nitrogen functional groups attached to an aromatic ring is 1. The van der Waals surface area contributed by atoms with Crippen LogP contribution in [0, 0.1) is 17.5 Å². The fourth-order valence-corrected chi connectivity index (χ4v) is 2.44. The predicted molar refractivity (Wildman–Crippen MR) is 66.7 cm³/mol. The fraction of sp³-hybridized carbons (Fsp3) is 0.0769. The van der Waals surface area contributed by atoms with E-state index in [-0.39, 0.29) is 17.0 Å². The molecule has 0 unspecified atom stereocenters. The lowest BCUT2D eigenvalue weighted by molar-refractivity contribution is 0.566. The highest BCUT2D eigenvalue weighted by molar-refractivity contribution is 7.98. The van der Waals surface area contributed by atoms with Gasteiger partial charge >= 0.3 is 0 Å². The zero-order chi connectivity index (χ0) is 13.1. The van der Waals surface area contributed by atoms with Crippen LogP contribution in [0.4, 0.5) is 18.9 Å². The molecule has 0 fully saturated rings. The van der Waals surface area contributed by atoms with E-state index in [1.165, 1.54) is 48.2 Å². The smallest absolute Gasteiger partial charge is 0.130 e. The first-order chi connectivity index (χ1) is 8.58. The molecule has 0 aliphatic heterocycles. The molecule has 0 spiro atoms. The van der Waals surface area contributed by atoms with Crippen molar-refractivity contribution in [2.75, 3.05) is 5.73 Å². The maximum atomic E-state index is 13.4. The Morgan fingerprint density at radius 3 is 2.28 bits per heavy atom. The minimum Gasteiger partial charge on any atom is -0.398 e. The fourth-order valence-electron chi connectivity index (χ4n) is 1.47. The standard InChI is InChI=1S/C13H10F3NS/c14-8-4-5-13(12(17)6-8)18-7-9-10(15)2-1-3-11(9)16/h1-6H,7,17H2. The van der Waals surface area contributed by atoms with E-state index in [1.807, 2.05) is 0 Å². The zero-order valence-electron chi connectivity index (χ0n) is 9.29. The van der Waals surface area contributed by atoms with Crippen molar-refractivity contribution in [2.24, 2.45) is 0 Å². The molecule has 0 aromatic heterocycles. The van der Waals surface area contributed by atoms with Gasteiger partial charge in [-0.1, -0.05) is 6.07 Å². The van der Waals surface area contributed by atoms with Crippen LogP contribution in [0.1, 0.15) is 5.56 Å². The summed E-state index contributed by atoms with van der Waals surface area (Å²) in [6, 6.07) is 7.65. The molecule has 0 radical (unpaired) electrons. The summed E-state index contributed by atoms with van der Waals surface area (Å²) in [5.41, 5.74) is 5.87. The molecule has 18 heavy (non-hydrogen) atoms. The third kappa shape index (κ3) is 2.79. The van der Waals surface area contributed by atoms with Gasteiger partial charge in [-0.25, -0.2) is 13.2 Å². The Hall–Kier alpha value is -1.62. The van der Waals surface area contributed by atoms with Gasteiger partial charge in [-0.05, 0) is 30.3 Å². The minimum absolute atomic E-state index is 0.00812. The van der Waals surface area contributed by atoms with Gasteiger partial charge in [0.1, 0.15) is 17.5 Å². The molecule has 94 valence electrons. The predicted octanol–water partition coefficient (Wildman–Crippen LogP) is 3.98. The van der Waals surface area contributed by atoms with Gasteiger partial charge in [0, 0.05) is 21.9 Å². The van der Waals surface area contributed by atoms with Gasteiger partial charge in [0.15, 0.2) is 0 Å². The molecule has 0 atom stereocenters. The van der Waals surface area contributed by atoms with Crippen LogP contribution in [-0.4, -0.2) is 0 Å². The molecular weight excluding hydrogens is 259 g/mol. The lowest BCUT2D eigenvalue weighted by Gasteiger charge is -2.07. The number of nitrogens with two attached hydrogens (primary N) is 1. The average molecular weight is 269 g/mol. The third-order valence-electron chi connectivity index (χ3n) is 2.41. The summed E-state index contributed by atoms with van der Waals surface area (Å²) in [5, 5.41) is 0. The third-order valence-corrected chi connectivity index (χ3v) is 3.52. The highest BCUT2D eigenvalue weighted by Gasteiger charge is 2.10. The first kappa shape index (κ1) is 12.8.